The molecule has 3 unspecified atom stereocenters. The van der Waals surface area contributed by atoms with Crippen molar-refractivity contribution in [1.82, 2.24) is 14.7 Å². The fourth-order valence-electron chi connectivity index (χ4n) is 6.87. The van der Waals surface area contributed by atoms with E-state index in [1.807, 2.05) is 27.7 Å². The van der Waals surface area contributed by atoms with Crippen LogP contribution in [-0.4, -0.2) is 93.6 Å². The lowest BCUT2D eigenvalue weighted by Gasteiger charge is -2.42. The minimum Gasteiger partial charge on any atom is -0.396 e. The topological polar surface area (TPSA) is 90.4 Å². The van der Waals surface area contributed by atoms with Gasteiger partial charge in [-0.25, -0.2) is 0 Å². The third-order valence-corrected chi connectivity index (χ3v) is 8.79. The van der Waals surface area contributed by atoms with E-state index in [-0.39, 0.29) is 30.2 Å². The molecular formula is C29H47N3O5. The Hall–Kier alpha value is -2.19. The summed E-state index contributed by atoms with van der Waals surface area (Å²) in [6.45, 7) is 18.9. The normalized spacial score (nSPS) is 32.4. The van der Waals surface area contributed by atoms with Gasteiger partial charge < -0.3 is 24.5 Å². The van der Waals surface area contributed by atoms with E-state index < -0.39 is 34.6 Å². The zero-order valence-electron chi connectivity index (χ0n) is 23.7. The zero-order chi connectivity index (χ0) is 27.8. The van der Waals surface area contributed by atoms with Gasteiger partial charge in [0.05, 0.1) is 17.4 Å². The van der Waals surface area contributed by atoms with Crippen molar-refractivity contribution >= 4 is 17.7 Å². The number of carbonyl (C=O) groups is 3. The summed E-state index contributed by atoms with van der Waals surface area (Å²) in [5.41, 5.74) is -2.36. The monoisotopic (exact) mass is 517 g/mol. The Morgan fingerprint density at radius 1 is 1.14 bits per heavy atom. The molecule has 0 saturated carbocycles. The van der Waals surface area contributed by atoms with Gasteiger partial charge >= 0.3 is 0 Å². The summed E-state index contributed by atoms with van der Waals surface area (Å²) in [6.07, 6.45) is 7.07. The van der Waals surface area contributed by atoms with Gasteiger partial charge in [-0.3, -0.25) is 14.4 Å². The summed E-state index contributed by atoms with van der Waals surface area (Å²) < 4.78 is 6.82. The summed E-state index contributed by atoms with van der Waals surface area (Å²) in [5.74, 6) is -1.80. The van der Waals surface area contributed by atoms with Crippen LogP contribution in [0.5, 0.6) is 0 Å². The molecule has 1 N–H and O–H groups in total. The molecule has 208 valence electrons. The van der Waals surface area contributed by atoms with E-state index in [4.69, 9.17) is 9.84 Å². The number of likely N-dealkylation sites (N-methyl/N-ethyl adjacent to an activating group) is 1. The van der Waals surface area contributed by atoms with Crippen LogP contribution in [0.2, 0.25) is 0 Å². The molecular weight excluding hydrogens is 470 g/mol. The van der Waals surface area contributed by atoms with Gasteiger partial charge in [0.2, 0.25) is 17.7 Å². The SMILES string of the molecule is C=CCN(C)C(=O)[C@@H]1[C@H]2C(=O)N(CCCCCCO)C(C(=O)N(CC=C)C(C)(C)C)C23CC(C)[C@@]1(C)O3. The highest BCUT2D eigenvalue weighted by Gasteiger charge is 2.80. The highest BCUT2D eigenvalue weighted by molar-refractivity contribution is 5.99. The highest BCUT2D eigenvalue weighted by atomic mass is 16.5. The maximum atomic E-state index is 14.4. The van der Waals surface area contributed by atoms with E-state index >= 15 is 0 Å². The van der Waals surface area contributed by atoms with Crippen LogP contribution in [0.4, 0.5) is 0 Å². The molecule has 3 amide bonds. The first-order chi connectivity index (χ1) is 17.3. The molecule has 0 radical (unpaired) electrons. The second-order valence-corrected chi connectivity index (χ2v) is 12.3. The summed E-state index contributed by atoms with van der Waals surface area (Å²) >= 11 is 0. The number of hydrogen-bond donors (Lipinski definition) is 1. The summed E-state index contributed by atoms with van der Waals surface area (Å²) in [7, 11) is 1.73. The minimum atomic E-state index is -1.05. The molecule has 3 aliphatic rings. The van der Waals surface area contributed by atoms with Crippen molar-refractivity contribution in [2.75, 3.05) is 33.3 Å². The molecule has 3 rings (SSSR count). The summed E-state index contributed by atoms with van der Waals surface area (Å²) in [4.78, 5) is 47.4. The molecule has 3 heterocycles. The van der Waals surface area contributed by atoms with Gasteiger partial charge in [-0.15, -0.1) is 13.2 Å². The van der Waals surface area contributed by atoms with Crippen LogP contribution >= 0.6 is 0 Å². The van der Waals surface area contributed by atoms with Crippen LogP contribution in [0.25, 0.3) is 0 Å². The first-order valence-corrected chi connectivity index (χ1v) is 13.7. The Morgan fingerprint density at radius 2 is 1.76 bits per heavy atom. The van der Waals surface area contributed by atoms with Crippen molar-refractivity contribution in [3.8, 4) is 0 Å². The molecule has 3 saturated heterocycles. The first-order valence-electron chi connectivity index (χ1n) is 13.7. The third kappa shape index (κ3) is 4.87. The number of aliphatic hydroxyl groups excluding tert-OH is 1. The number of fused-ring (bicyclic) bond motifs is 1. The molecule has 2 bridgehead atoms. The average Bonchev–Trinajstić information content (AvgIpc) is 3.32. The second kappa shape index (κ2) is 10.9. The maximum absolute atomic E-state index is 14.4. The van der Waals surface area contributed by atoms with Gasteiger partial charge in [-0.2, -0.15) is 0 Å². The fraction of sp³-hybridized carbons (Fsp3) is 0.759. The molecule has 6 atom stereocenters. The lowest BCUT2D eigenvalue weighted by Crippen LogP contribution is -2.60. The minimum absolute atomic E-state index is 0.00456. The van der Waals surface area contributed by atoms with Gasteiger partial charge in [0.15, 0.2) is 0 Å². The number of amides is 3. The molecule has 0 aromatic rings. The van der Waals surface area contributed by atoms with Gasteiger partial charge in [-0.05, 0) is 52.9 Å². The number of rotatable bonds is 12. The van der Waals surface area contributed by atoms with Crippen molar-refractivity contribution in [3.05, 3.63) is 25.3 Å². The number of carbonyl (C=O) groups excluding carboxylic acids is 3. The van der Waals surface area contributed by atoms with Gasteiger partial charge in [0, 0.05) is 38.8 Å². The summed E-state index contributed by atoms with van der Waals surface area (Å²) in [5, 5.41) is 9.13. The molecule has 8 heteroatoms. The molecule has 0 aromatic carbocycles. The van der Waals surface area contributed by atoms with Crippen LogP contribution in [0, 0.1) is 17.8 Å². The first kappa shape index (κ1) is 29.4. The van der Waals surface area contributed by atoms with Crippen LogP contribution in [0.1, 0.15) is 66.7 Å². The van der Waals surface area contributed by atoms with Gasteiger partial charge in [0.25, 0.3) is 0 Å². The van der Waals surface area contributed by atoms with Gasteiger partial charge in [-0.1, -0.05) is 31.9 Å². The average molecular weight is 518 g/mol. The smallest absolute Gasteiger partial charge is 0.249 e. The standard InChI is InChI=1S/C29H47N3O5/c1-9-15-30(8)24(34)21-22-25(35)31(17-13-11-12-14-18-33)23(26(36)32(16-10-2)27(4,5)6)29(22)19-20(3)28(21,7)37-29/h9-10,20-23,33H,1-2,11-19H2,3-8H3/t20?,21-,22-,23?,28+,29?/m0/s1. The molecule has 0 aliphatic carbocycles. The van der Waals surface area contributed by atoms with E-state index in [2.05, 4.69) is 20.1 Å². The van der Waals surface area contributed by atoms with Crippen molar-refractivity contribution in [2.24, 2.45) is 17.8 Å². The Kier molecular flexibility index (Phi) is 8.64. The molecule has 1 spiro atoms. The Balaban J connectivity index is 2.07. The van der Waals surface area contributed by atoms with Crippen LogP contribution < -0.4 is 0 Å². The maximum Gasteiger partial charge on any atom is 0.249 e. The quantitative estimate of drug-likeness (QED) is 0.318. The van der Waals surface area contributed by atoms with Crippen molar-refractivity contribution in [2.45, 2.75) is 89.5 Å². The highest BCUT2D eigenvalue weighted by Crippen LogP contribution is 2.65. The third-order valence-electron chi connectivity index (χ3n) is 8.79. The van der Waals surface area contributed by atoms with Crippen LogP contribution in [0.3, 0.4) is 0 Å². The molecule has 8 nitrogen and oxygen atoms in total. The number of ether oxygens (including phenoxy) is 1. The van der Waals surface area contributed by atoms with E-state index in [0.29, 0.717) is 32.5 Å². The summed E-state index contributed by atoms with van der Waals surface area (Å²) in [6, 6.07) is -0.797. The lowest BCUT2D eigenvalue weighted by molar-refractivity contribution is -0.156. The van der Waals surface area contributed by atoms with Crippen LogP contribution in [-0.2, 0) is 19.1 Å². The predicted octanol–water partition coefficient (Wildman–Crippen LogP) is 3.01. The Bertz CT molecular complexity index is 914. The van der Waals surface area contributed by atoms with Crippen molar-refractivity contribution < 1.29 is 24.2 Å². The largest absolute Gasteiger partial charge is 0.396 e. The van der Waals surface area contributed by atoms with Crippen molar-refractivity contribution in [3.63, 3.8) is 0 Å². The molecule has 0 aromatic heterocycles. The number of nitrogens with zero attached hydrogens (tertiary/aromatic N) is 3. The fourth-order valence-corrected chi connectivity index (χ4v) is 6.87. The Labute approximate surface area is 222 Å². The van der Waals surface area contributed by atoms with E-state index in [9.17, 15) is 14.4 Å². The molecule has 3 aliphatic heterocycles. The predicted molar refractivity (Wildman–Crippen MR) is 144 cm³/mol. The van der Waals surface area contributed by atoms with Crippen molar-refractivity contribution in [1.29, 1.82) is 0 Å². The lowest BCUT2D eigenvalue weighted by atomic mass is 9.62. The number of unbranched alkanes of at least 4 members (excludes halogenated alkanes) is 3. The molecule has 3 fully saturated rings. The van der Waals surface area contributed by atoms with E-state index in [1.54, 1.807) is 33.9 Å². The van der Waals surface area contributed by atoms with E-state index in [0.717, 1.165) is 19.3 Å². The van der Waals surface area contributed by atoms with Crippen LogP contribution in [0.15, 0.2) is 25.3 Å². The molecule has 37 heavy (non-hydrogen) atoms. The zero-order valence-corrected chi connectivity index (χ0v) is 23.7. The second-order valence-electron chi connectivity index (χ2n) is 12.3. The number of hydrogen-bond acceptors (Lipinski definition) is 5. The van der Waals surface area contributed by atoms with Gasteiger partial charge in [0.1, 0.15) is 11.6 Å². The Morgan fingerprint density at radius 3 is 2.32 bits per heavy atom. The number of likely N-dealkylation sites (tertiary alicyclic amines) is 1. The van der Waals surface area contributed by atoms with E-state index in [1.165, 1.54) is 0 Å². The number of aliphatic hydroxyl groups is 1.